The summed E-state index contributed by atoms with van der Waals surface area (Å²) in [5.41, 5.74) is 0.926. The van der Waals surface area contributed by atoms with E-state index in [2.05, 4.69) is 5.32 Å². The lowest BCUT2D eigenvalue weighted by Gasteiger charge is -2.23. The molecule has 0 spiro atoms. The highest BCUT2D eigenvalue weighted by molar-refractivity contribution is 7.89. The Morgan fingerprint density at radius 1 is 1.18 bits per heavy atom. The molecule has 1 aromatic rings. The van der Waals surface area contributed by atoms with Gasteiger partial charge in [-0.3, -0.25) is 9.59 Å². The zero-order chi connectivity index (χ0) is 15.9. The Kier molecular flexibility index (Phi) is 3.68. The second-order valence-electron chi connectivity index (χ2n) is 5.84. The number of rotatable bonds is 4. The van der Waals surface area contributed by atoms with Gasteiger partial charge in [-0.15, -0.1) is 0 Å². The van der Waals surface area contributed by atoms with Crippen LogP contribution in [0, 0.1) is 6.92 Å². The molecule has 1 heterocycles. The summed E-state index contributed by atoms with van der Waals surface area (Å²) in [5, 5.41) is 2.78. The van der Waals surface area contributed by atoms with Crippen molar-refractivity contribution >= 4 is 21.8 Å². The minimum Gasteiger partial charge on any atom is -0.352 e. The van der Waals surface area contributed by atoms with Gasteiger partial charge < -0.3 is 5.32 Å². The molecule has 2 aliphatic rings. The van der Waals surface area contributed by atoms with Crippen LogP contribution in [-0.4, -0.2) is 36.6 Å². The molecule has 1 aliphatic heterocycles. The van der Waals surface area contributed by atoms with Gasteiger partial charge in [-0.05, 0) is 38.3 Å². The van der Waals surface area contributed by atoms with E-state index in [0.717, 1.165) is 22.7 Å². The summed E-state index contributed by atoms with van der Waals surface area (Å²) in [6.07, 6.45) is 2.14. The number of sulfonamides is 1. The van der Waals surface area contributed by atoms with Crippen molar-refractivity contribution in [3.8, 4) is 0 Å². The van der Waals surface area contributed by atoms with Crippen molar-refractivity contribution < 1.29 is 18.0 Å². The van der Waals surface area contributed by atoms with Gasteiger partial charge in [0.05, 0.1) is 4.90 Å². The SMILES string of the molecule is Cc1ccc(S(=O)(=O)N2C(=O)CC[C@H]2C(=O)NC2CC2)cc1. The molecule has 118 valence electrons. The van der Waals surface area contributed by atoms with Gasteiger partial charge in [0.1, 0.15) is 6.04 Å². The first-order valence-electron chi connectivity index (χ1n) is 7.34. The van der Waals surface area contributed by atoms with E-state index in [1.165, 1.54) is 12.1 Å². The summed E-state index contributed by atoms with van der Waals surface area (Å²) >= 11 is 0. The first kappa shape index (κ1) is 15.0. The summed E-state index contributed by atoms with van der Waals surface area (Å²) in [6.45, 7) is 1.85. The van der Waals surface area contributed by atoms with E-state index in [9.17, 15) is 18.0 Å². The molecule has 1 N–H and O–H groups in total. The van der Waals surface area contributed by atoms with Gasteiger partial charge in [0.15, 0.2) is 0 Å². The third kappa shape index (κ3) is 2.72. The van der Waals surface area contributed by atoms with Crippen molar-refractivity contribution in [3.05, 3.63) is 29.8 Å². The third-order valence-electron chi connectivity index (χ3n) is 3.96. The van der Waals surface area contributed by atoms with Crippen molar-refractivity contribution in [1.29, 1.82) is 0 Å². The Bertz CT molecular complexity index is 708. The number of amides is 2. The minimum absolute atomic E-state index is 0.0394. The maximum Gasteiger partial charge on any atom is 0.267 e. The van der Waals surface area contributed by atoms with Crippen molar-refractivity contribution in [2.24, 2.45) is 0 Å². The summed E-state index contributed by atoms with van der Waals surface area (Å²) in [6, 6.07) is 5.48. The molecule has 1 aromatic carbocycles. The number of hydrogen-bond acceptors (Lipinski definition) is 4. The highest BCUT2D eigenvalue weighted by Gasteiger charge is 2.45. The van der Waals surface area contributed by atoms with Gasteiger partial charge in [-0.1, -0.05) is 17.7 Å². The lowest BCUT2D eigenvalue weighted by Crippen LogP contribution is -2.47. The molecule has 3 rings (SSSR count). The number of carbonyl (C=O) groups is 2. The molecule has 0 unspecified atom stereocenters. The van der Waals surface area contributed by atoms with E-state index in [1.807, 2.05) is 6.92 Å². The predicted octanol–water partition coefficient (Wildman–Crippen LogP) is 0.953. The number of nitrogens with one attached hydrogen (secondary N) is 1. The summed E-state index contributed by atoms with van der Waals surface area (Å²) in [5.74, 6) is -0.888. The van der Waals surface area contributed by atoms with Crippen molar-refractivity contribution in [3.63, 3.8) is 0 Å². The van der Waals surface area contributed by atoms with E-state index < -0.39 is 22.0 Å². The predicted molar refractivity (Wildman–Crippen MR) is 79.4 cm³/mol. The average Bonchev–Trinajstić information content (AvgIpc) is 3.18. The van der Waals surface area contributed by atoms with Crippen molar-refractivity contribution in [2.75, 3.05) is 0 Å². The largest absolute Gasteiger partial charge is 0.352 e. The van der Waals surface area contributed by atoms with Crippen LogP contribution >= 0.6 is 0 Å². The fourth-order valence-corrected chi connectivity index (χ4v) is 4.15. The molecule has 7 heteroatoms. The van der Waals surface area contributed by atoms with E-state index in [0.29, 0.717) is 0 Å². The van der Waals surface area contributed by atoms with Crippen LogP contribution in [0.4, 0.5) is 0 Å². The quantitative estimate of drug-likeness (QED) is 0.895. The standard InChI is InChI=1S/C15H18N2O4S/c1-10-2-6-12(7-3-10)22(20,21)17-13(8-9-14(17)18)15(19)16-11-4-5-11/h2-3,6-7,11,13H,4-5,8-9H2,1H3,(H,16,19)/t13-/m0/s1. The zero-order valence-corrected chi connectivity index (χ0v) is 13.1. The smallest absolute Gasteiger partial charge is 0.267 e. The van der Waals surface area contributed by atoms with E-state index in [4.69, 9.17) is 0 Å². The Morgan fingerprint density at radius 2 is 1.82 bits per heavy atom. The molecular weight excluding hydrogens is 304 g/mol. The van der Waals surface area contributed by atoms with Crippen LogP contribution in [0.5, 0.6) is 0 Å². The Labute approximate surface area is 129 Å². The average molecular weight is 322 g/mol. The molecule has 0 bridgehead atoms. The van der Waals surface area contributed by atoms with Crippen molar-refractivity contribution in [2.45, 2.75) is 49.6 Å². The first-order chi connectivity index (χ1) is 10.4. The lowest BCUT2D eigenvalue weighted by molar-refractivity contribution is -0.130. The van der Waals surface area contributed by atoms with Gasteiger partial charge in [-0.2, -0.15) is 0 Å². The van der Waals surface area contributed by atoms with Crippen LogP contribution in [0.15, 0.2) is 29.2 Å². The molecule has 2 fully saturated rings. The highest BCUT2D eigenvalue weighted by Crippen LogP contribution is 2.28. The van der Waals surface area contributed by atoms with Gasteiger partial charge in [-0.25, -0.2) is 12.7 Å². The summed E-state index contributed by atoms with van der Waals surface area (Å²) in [4.78, 5) is 24.3. The second-order valence-corrected chi connectivity index (χ2v) is 7.66. The number of nitrogens with zero attached hydrogens (tertiary/aromatic N) is 1. The molecule has 6 nitrogen and oxygen atoms in total. The number of benzene rings is 1. The molecule has 1 atom stereocenters. The van der Waals surface area contributed by atoms with Gasteiger partial charge in [0.25, 0.3) is 10.0 Å². The van der Waals surface area contributed by atoms with Gasteiger partial charge in [0.2, 0.25) is 11.8 Å². The van der Waals surface area contributed by atoms with E-state index in [1.54, 1.807) is 12.1 Å². The molecule has 1 saturated carbocycles. The van der Waals surface area contributed by atoms with Crippen LogP contribution in [0.1, 0.15) is 31.2 Å². The summed E-state index contributed by atoms with van der Waals surface area (Å²) in [7, 11) is -3.99. The summed E-state index contributed by atoms with van der Waals surface area (Å²) < 4.78 is 26.2. The maximum absolute atomic E-state index is 12.7. The normalized spacial score (nSPS) is 22.0. The van der Waals surface area contributed by atoms with Crippen LogP contribution < -0.4 is 5.32 Å². The van der Waals surface area contributed by atoms with E-state index >= 15 is 0 Å². The fourth-order valence-electron chi connectivity index (χ4n) is 2.55. The number of aryl methyl sites for hydroxylation is 1. The Hall–Kier alpha value is -1.89. The van der Waals surface area contributed by atoms with Crippen LogP contribution in [0.3, 0.4) is 0 Å². The van der Waals surface area contributed by atoms with Gasteiger partial charge >= 0.3 is 0 Å². The van der Waals surface area contributed by atoms with Crippen molar-refractivity contribution in [1.82, 2.24) is 9.62 Å². The molecule has 1 aliphatic carbocycles. The molecule has 22 heavy (non-hydrogen) atoms. The Morgan fingerprint density at radius 3 is 2.41 bits per heavy atom. The van der Waals surface area contributed by atoms with Crippen LogP contribution in [0.25, 0.3) is 0 Å². The highest BCUT2D eigenvalue weighted by atomic mass is 32.2. The minimum atomic E-state index is -3.99. The Balaban J connectivity index is 1.90. The fraction of sp³-hybridized carbons (Fsp3) is 0.467. The molecule has 0 aromatic heterocycles. The third-order valence-corrected chi connectivity index (χ3v) is 5.81. The second kappa shape index (κ2) is 5.39. The molecule has 2 amide bonds. The number of hydrogen-bond donors (Lipinski definition) is 1. The van der Waals surface area contributed by atoms with E-state index in [-0.39, 0.29) is 29.7 Å². The molecule has 1 saturated heterocycles. The van der Waals surface area contributed by atoms with Gasteiger partial charge in [0, 0.05) is 12.5 Å². The van der Waals surface area contributed by atoms with Crippen LogP contribution in [0.2, 0.25) is 0 Å². The monoisotopic (exact) mass is 322 g/mol. The topological polar surface area (TPSA) is 83.6 Å². The molecular formula is C15H18N2O4S. The lowest BCUT2D eigenvalue weighted by atomic mass is 10.2. The maximum atomic E-state index is 12.7. The van der Waals surface area contributed by atoms with Crippen LogP contribution in [-0.2, 0) is 19.6 Å². The zero-order valence-electron chi connectivity index (χ0n) is 12.3. The molecule has 0 radical (unpaired) electrons. The first-order valence-corrected chi connectivity index (χ1v) is 8.78. The number of carbonyl (C=O) groups excluding carboxylic acids is 2.